The predicted molar refractivity (Wildman–Crippen MR) is 74.6 cm³/mol. The molecule has 1 atom stereocenters. The molecule has 5 nitrogen and oxygen atoms in total. The van der Waals surface area contributed by atoms with E-state index in [0.29, 0.717) is 17.3 Å². The molecule has 1 aromatic heterocycles. The quantitative estimate of drug-likeness (QED) is 0.905. The number of methoxy groups -OCH3 is 1. The highest BCUT2D eigenvalue weighted by molar-refractivity contribution is 5.78. The third kappa shape index (κ3) is 2.33. The van der Waals surface area contributed by atoms with E-state index >= 15 is 0 Å². The lowest BCUT2D eigenvalue weighted by molar-refractivity contribution is 0.161. The number of rotatable bonds is 3. The van der Waals surface area contributed by atoms with E-state index in [9.17, 15) is 4.79 Å². The van der Waals surface area contributed by atoms with Gasteiger partial charge in [-0.15, -0.1) is 0 Å². The molecular formula is C14H17N3O2. The maximum atomic E-state index is 12.0. The highest BCUT2D eigenvalue weighted by Gasteiger charge is 2.24. The van der Waals surface area contributed by atoms with Crippen LogP contribution in [0.15, 0.2) is 29.1 Å². The molecule has 100 valence electrons. The number of fused-ring (bicyclic) bond motifs is 1. The van der Waals surface area contributed by atoms with Crippen molar-refractivity contribution < 1.29 is 4.74 Å². The van der Waals surface area contributed by atoms with Gasteiger partial charge < -0.3 is 9.64 Å². The van der Waals surface area contributed by atoms with Gasteiger partial charge in [0.2, 0.25) is 5.95 Å². The van der Waals surface area contributed by atoms with Crippen molar-refractivity contribution in [2.24, 2.45) is 5.92 Å². The zero-order chi connectivity index (χ0) is 13.2. The molecule has 0 aliphatic carbocycles. The third-order valence-corrected chi connectivity index (χ3v) is 3.59. The van der Waals surface area contributed by atoms with Crippen LogP contribution < -0.4 is 10.5 Å². The number of ether oxygens (including phenoxy) is 1. The Hall–Kier alpha value is -1.88. The van der Waals surface area contributed by atoms with Gasteiger partial charge in [0.25, 0.3) is 5.56 Å². The van der Waals surface area contributed by atoms with Crippen LogP contribution in [0.25, 0.3) is 10.9 Å². The molecule has 1 fully saturated rings. The first-order valence-electron chi connectivity index (χ1n) is 6.51. The zero-order valence-electron chi connectivity index (χ0n) is 10.9. The molecule has 3 rings (SSSR count). The standard InChI is InChI=1S/C14H17N3O2/c1-19-9-10-6-7-17(8-10)14-15-12-5-3-2-4-11(12)13(18)16-14/h2-5,10H,6-9H2,1H3,(H,15,16,18). The number of nitrogens with one attached hydrogen (secondary N) is 1. The van der Waals surface area contributed by atoms with E-state index in [-0.39, 0.29) is 5.56 Å². The summed E-state index contributed by atoms with van der Waals surface area (Å²) in [6.07, 6.45) is 1.07. The lowest BCUT2D eigenvalue weighted by Crippen LogP contribution is -2.25. The second kappa shape index (κ2) is 5.01. The fourth-order valence-electron chi connectivity index (χ4n) is 2.62. The summed E-state index contributed by atoms with van der Waals surface area (Å²) in [6, 6.07) is 7.42. The summed E-state index contributed by atoms with van der Waals surface area (Å²) in [7, 11) is 1.72. The number of H-pyrrole nitrogens is 1. The smallest absolute Gasteiger partial charge is 0.260 e. The normalized spacial score (nSPS) is 19.2. The number of hydrogen-bond donors (Lipinski definition) is 1. The summed E-state index contributed by atoms with van der Waals surface area (Å²) in [6.45, 7) is 2.55. The Morgan fingerprint density at radius 2 is 2.32 bits per heavy atom. The van der Waals surface area contributed by atoms with Crippen molar-refractivity contribution in [3.63, 3.8) is 0 Å². The molecule has 0 spiro atoms. The topological polar surface area (TPSA) is 58.2 Å². The van der Waals surface area contributed by atoms with Gasteiger partial charge in [-0.25, -0.2) is 4.98 Å². The molecule has 0 bridgehead atoms. The first kappa shape index (κ1) is 12.2. The Kier molecular flexibility index (Phi) is 3.21. The summed E-state index contributed by atoms with van der Waals surface area (Å²) in [5, 5.41) is 0.638. The number of para-hydroxylation sites is 1. The van der Waals surface area contributed by atoms with Crippen LogP contribution in [0.5, 0.6) is 0 Å². The molecular weight excluding hydrogens is 242 g/mol. The average Bonchev–Trinajstić information content (AvgIpc) is 2.88. The monoisotopic (exact) mass is 259 g/mol. The molecule has 0 amide bonds. The van der Waals surface area contributed by atoms with E-state index in [1.165, 1.54) is 0 Å². The van der Waals surface area contributed by atoms with Crippen LogP contribution in [0, 0.1) is 5.92 Å². The Bertz CT molecular complexity index is 638. The van der Waals surface area contributed by atoms with Crippen LogP contribution in [0.1, 0.15) is 6.42 Å². The van der Waals surface area contributed by atoms with Crippen molar-refractivity contribution in [1.29, 1.82) is 0 Å². The number of hydrogen-bond acceptors (Lipinski definition) is 4. The van der Waals surface area contributed by atoms with Crippen molar-refractivity contribution in [3.8, 4) is 0 Å². The van der Waals surface area contributed by atoms with Crippen LogP contribution in [-0.2, 0) is 4.74 Å². The molecule has 1 saturated heterocycles. The van der Waals surface area contributed by atoms with E-state index in [2.05, 4.69) is 14.9 Å². The van der Waals surface area contributed by atoms with Crippen LogP contribution in [0.3, 0.4) is 0 Å². The molecule has 0 saturated carbocycles. The lowest BCUT2D eigenvalue weighted by Gasteiger charge is -2.17. The van der Waals surface area contributed by atoms with Crippen LogP contribution >= 0.6 is 0 Å². The molecule has 1 unspecified atom stereocenters. The molecule has 1 aliphatic rings. The van der Waals surface area contributed by atoms with Crippen LogP contribution in [0.4, 0.5) is 5.95 Å². The summed E-state index contributed by atoms with van der Waals surface area (Å²) >= 11 is 0. The van der Waals surface area contributed by atoms with E-state index in [0.717, 1.165) is 31.6 Å². The van der Waals surface area contributed by atoms with E-state index in [1.807, 2.05) is 18.2 Å². The summed E-state index contributed by atoms with van der Waals surface area (Å²) < 4.78 is 5.18. The number of anilines is 1. The Labute approximate surface area is 111 Å². The average molecular weight is 259 g/mol. The van der Waals surface area contributed by atoms with Crippen molar-refractivity contribution in [2.75, 3.05) is 31.7 Å². The van der Waals surface area contributed by atoms with Crippen molar-refractivity contribution in [3.05, 3.63) is 34.6 Å². The van der Waals surface area contributed by atoms with Crippen molar-refractivity contribution in [1.82, 2.24) is 9.97 Å². The van der Waals surface area contributed by atoms with Crippen LogP contribution in [0.2, 0.25) is 0 Å². The molecule has 1 aliphatic heterocycles. The largest absolute Gasteiger partial charge is 0.384 e. The SMILES string of the molecule is COCC1CCN(c2nc3ccccc3c(=O)[nH]2)C1. The molecule has 1 aromatic carbocycles. The molecule has 5 heteroatoms. The van der Waals surface area contributed by atoms with Crippen molar-refractivity contribution >= 4 is 16.9 Å². The first-order valence-corrected chi connectivity index (χ1v) is 6.51. The maximum Gasteiger partial charge on any atom is 0.260 e. The minimum Gasteiger partial charge on any atom is -0.384 e. The fourth-order valence-corrected chi connectivity index (χ4v) is 2.62. The van der Waals surface area contributed by atoms with Gasteiger partial charge in [0.05, 0.1) is 17.5 Å². The summed E-state index contributed by atoms with van der Waals surface area (Å²) in [5.74, 6) is 1.18. The molecule has 19 heavy (non-hydrogen) atoms. The zero-order valence-corrected chi connectivity index (χ0v) is 10.9. The number of nitrogens with zero attached hydrogens (tertiary/aromatic N) is 2. The van der Waals surface area contributed by atoms with Crippen molar-refractivity contribution in [2.45, 2.75) is 6.42 Å². The van der Waals surface area contributed by atoms with Gasteiger partial charge in [-0.2, -0.15) is 0 Å². The minimum atomic E-state index is -0.0733. The van der Waals surface area contributed by atoms with E-state index in [4.69, 9.17) is 4.74 Å². The lowest BCUT2D eigenvalue weighted by atomic mass is 10.1. The summed E-state index contributed by atoms with van der Waals surface area (Å²) in [4.78, 5) is 21.6. The Morgan fingerprint density at radius 3 is 3.16 bits per heavy atom. The van der Waals surface area contributed by atoms with Gasteiger partial charge in [0.15, 0.2) is 0 Å². The van der Waals surface area contributed by atoms with Gasteiger partial charge in [-0.05, 0) is 18.6 Å². The highest BCUT2D eigenvalue weighted by Crippen LogP contribution is 2.21. The maximum absolute atomic E-state index is 12.0. The third-order valence-electron chi connectivity index (χ3n) is 3.59. The Balaban J connectivity index is 1.92. The Morgan fingerprint density at radius 1 is 1.47 bits per heavy atom. The second-order valence-corrected chi connectivity index (χ2v) is 4.96. The second-order valence-electron chi connectivity index (χ2n) is 4.96. The minimum absolute atomic E-state index is 0.0733. The highest BCUT2D eigenvalue weighted by atomic mass is 16.5. The van der Waals surface area contributed by atoms with Gasteiger partial charge in [0, 0.05) is 26.1 Å². The van der Waals surface area contributed by atoms with Crippen LogP contribution in [-0.4, -0.2) is 36.8 Å². The van der Waals surface area contributed by atoms with Gasteiger partial charge >= 0.3 is 0 Å². The molecule has 2 aromatic rings. The first-order chi connectivity index (χ1) is 9.28. The molecule has 2 heterocycles. The van der Waals surface area contributed by atoms with E-state index < -0.39 is 0 Å². The number of aromatic amines is 1. The molecule has 1 N–H and O–H groups in total. The van der Waals surface area contributed by atoms with E-state index in [1.54, 1.807) is 13.2 Å². The number of benzene rings is 1. The summed E-state index contributed by atoms with van der Waals surface area (Å²) in [5.41, 5.74) is 0.673. The van der Waals surface area contributed by atoms with Gasteiger partial charge in [-0.3, -0.25) is 9.78 Å². The van der Waals surface area contributed by atoms with Gasteiger partial charge in [-0.1, -0.05) is 12.1 Å². The predicted octanol–water partition coefficient (Wildman–Crippen LogP) is 1.40. The number of aromatic nitrogens is 2. The van der Waals surface area contributed by atoms with Gasteiger partial charge in [0.1, 0.15) is 0 Å². The fraction of sp³-hybridized carbons (Fsp3) is 0.429. The molecule has 0 radical (unpaired) electrons.